The van der Waals surface area contributed by atoms with Crippen molar-refractivity contribution >= 4 is 35.2 Å². The minimum absolute atomic E-state index is 0.748. The van der Waals surface area contributed by atoms with Gasteiger partial charge in [-0.25, -0.2) is 0 Å². The molecule has 0 radical (unpaired) electrons. The Morgan fingerprint density at radius 1 is 1.20 bits per heavy atom. The van der Waals surface area contributed by atoms with Crippen molar-refractivity contribution in [2.24, 2.45) is 4.40 Å². The Morgan fingerprint density at radius 2 is 2.05 bits per heavy atom. The Kier molecular flexibility index (Phi) is 3.59. The molecule has 1 aliphatic rings. The van der Waals surface area contributed by atoms with Crippen molar-refractivity contribution in [3.63, 3.8) is 0 Å². The Labute approximate surface area is 127 Å². The van der Waals surface area contributed by atoms with Gasteiger partial charge in [-0.2, -0.15) is 4.40 Å². The van der Waals surface area contributed by atoms with Crippen LogP contribution >= 0.6 is 23.5 Å². The number of hydrogen-bond acceptors (Lipinski definition) is 4. The molecule has 0 bridgehead atoms. The molecule has 1 heterocycles. The van der Waals surface area contributed by atoms with E-state index in [1.165, 1.54) is 11.9 Å². The molecular formula is C15H14ClN3S. The minimum atomic E-state index is 0.748. The highest BCUT2D eigenvalue weighted by molar-refractivity contribution is 7.98. The summed E-state index contributed by atoms with van der Waals surface area (Å²) in [7, 11) is 1.85. The lowest BCUT2D eigenvalue weighted by Crippen LogP contribution is -2.28. The van der Waals surface area contributed by atoms with Gasteiger partial charge >= 0.3 is 0 Å². The Bertz CT molecular complexity index is 698. The number of anilines is 1. The van der Waals surface area contributed by atoms with Crippen molar-refractivity contribution in [1.82, 2.24) is 5.32 Å². The smallest absolute Gasteiger partial charge is 0.207 e. The minimum Gasteiger partial charge on any atom is -0.358 e. The van der Waals surface area contributed by atoms with Crippen molar-refractivity contribution in [2.45, 2.75) is 11.8 Å². The second-order valence-corrected chi connectivity index (χ2v) is 5.78. The zero-order valence-electron chi connectivity index (χ0n) is 11.2. The first-order valence-corrected chi connectivity index (χ1v) is 7.43. The number of nitrogens with zero attached hydrogens (tertiary/aromatic N) is 1. The average molecular weight is 304 g/mol. The van der Waals surface area contributed by atoms with Gasteiger partial charge in [-0.3, -0.25) is 0 Å². The molecule has 1 aliphatic heterocycles. The SMILES string of the molecule is CNC1=NSc2cccc(-c3ccc(C)cc3Cl)c2N1. The lowest BCUT2D eigenvalue weighted by molar-refractivity contribution is 1.16. The molecule has 0 saturated heterocycles. The summed E-state index contributed by atoms with van der Waals surface area (Å²) in [6.45, 7) is 2.04. The summed E-state index contributed by atoms with van der Waals surface area (Å²) in [6, 6.07) is 12.3. The summed E-state index contributed by atoms with van der Waals surface area (Å²) < 4.78 is 4.34. The predicted octanol–water partition coefficient (Wildman–Crippen LogP) is 4.32. The van der Waals surface area contributed by atoms with Crippen LogP contribution in [0.4, 0.5) is 5.69 Å². The number of halogens is 1. The molecule has 0 aliphatic carbocycles. The first-order chi connectivity index (χ1) is 9.69. The van der Waals surface area contributed by atoms with Crippen LogP contribution in [0.3, 0.4) is 0 Å². The van der Waals surface area contributed by atoms with Gasteiger partial charge in [0, 0.05) is 35.1 Å². The van der Waals surface area contributed by atoms with E-state index in [1.807, 2.05) is 26.1 Å². The maximum absolute atomic E-state index is 6.40. The van der Waals surface area contributed by atoms with Crippen molar-refractivity contribution in [3.05, 3.63) is 47.0 Å². The second kappa shape index (κ2) is 5.38. The van der Waals surface area contributed by atoms with Crippen LogP contribution < -0.4 is 10.6 Å². The number of hydrogen-bond donors (Lipinski definition) is 2. The van der Waals surface area contributed by atoms with Crippen LogP contribution in [-0.2, 0) is 0 Å². The summed E-state index contributed by atoms with van der Waals surface area (Å²) in [6.07, 6.45) is 0. The van der Waals surface area contributed by atoms with Crippen LogP contribution in [0.5, 0.6) is 0 Å². The molecule has 3 rings (SSSR count). The summed E-state index contributed by atoms with van der Waals surface area (Å²) in [4.78, 5) is 1.10. The number of nitrogens with one attached hydrogen (secondary N) is 2. The zero-order chi connectivity index (χ0) is 14.1. The molecule has 20 heavy (non-hydrogen) atoms. The van der Waals surface area contributed by atoms with Crippen LogP contribution in [0, 0.1) is 6.92 Å². The highest BCUT2D eigenvalue weighted by Crippen LogP contribution is 2.41. The topological polar surface area (TPSA) is 36.4 Å². The van der Waals surface area contributed by atoms with Gasteiger partial charge in [0.05, 0.1) is 10.6 Å². The van der Waals surface area contributed by atoms with Crippen LogP contribution in [0.1, 0.15) is 5.56 Å². The van der Waals surface area contributed by atoms with Crippen LogP contribution in [0.2, 0.25) is 5.02 Å². The Balaban J connectivity index is 2.12. The van der Waals surface area contributed by atoms with Crippen LogP contribution in [0.15, 0.2) is 45.7 Å². The lowest BCUT2D eigenvalue weighted by Gasteiger charge is -2.20. The van der Waals surface area contributed by atoms with Gasteiger partial charge in [-0.05, 0) is 24.6 Å². The van der Waals surface area contributed by atoms with Crippen molar-refractivity contribution < 1.29 is 0 Å². The normalized spacial score (nSPS) is 13.2. The Hall–Kier alpha value is -1.65. The Morgan fingerprint density at radius 3 is 2.80 bits per heavy atom. The molecule has 0 aromatic heterocycles. The van der Waals surface area contributed by atoms with E-state index in [-0.39, 0.29) is 0 Å². The van der Waals surface area contributed by atoms with Crippen molar-refractivity contribution in [1.29, 1.82) is 0 Å². The third-order valence-electron chi connectivity index (χ3n) is 3.16. The first-order valence-electron chi connectivity index (χ1n) is 6.28. The molecule has 5 heteroatoms. The predicted molar refractivity (Wildman–Crippen MR) is 87.6 cm³/mol. The number of aryl methyl sites for hydroxylation is 1. The van der Waals surface area contributed by atoms with E-state index in [9.17, 15) is 0 Å². The maximum Gasteiger partial charge on any atom is 0.207 e. The quantitative estimate of drug-likeness (QED) is 0.770. The molecule has 2 N–H and O–H groups in total. The summed E-state index contributed by atoms with van der Waals surface area (Å²) in [5.41, 5.74) is 4.31. The number of para-hydroxylation sites is 1. The maximum atomic E-state index is 6.40. The third kappa shape index (κ3) is 2.37. The summed E-state index contributed by atoms with van der Waals surface area (Å²) in [5.74, 6) is 0.748. The molecule has 2 aromatic carbocycles. The fraction of sp³-hybridized carbons (Fsp3) is 0.133. The highest BCUT2D eigenvalue weighted by Gasteiger charge is 2.17. The molecule has 0 saturated carbocycles. The number of benzene rings is 2. The van der Waals surface area contributed by atoms with Gasteiger partial charge in [0.2, 0.25) is 5.96 Å². The summed E-state index contributed by atoms with van der Waals surface area (Å²) in [5, 5.41) is 7.11. The van der Waals surface area contributed by atoms with Crippen LogP contribution in [0.25, 0.3) is 11.1 Å². The van der Waals surface area contributed by atoms with Gasteiger partial charge in [0.15, 0.2) is 0 Å². The standard InChI is InChI=1S/C15H14ClN3S/c1-9-6-7-10(12(16)8-9)11-4-3-5-13-14(11)18-15(17-2)19-20-13/h3-8H,1-2H3,(H2,17,18,19). The van der Waals surface area contributed by atoms with E-state index < -0.39 is 0 Å². The largest absolute Gasteiger partial charge is 0.358 e. The van der Waals surface area contributed by atoms with E-state index in [0.717, 1.165) is 38.3 Å². The molecule has 0 atom stereocenters. The molecule has 102 valence electrons. The van der Waals surface area contributed by atoms with E-state index in [4.69, 9.17) is 11.6 Å². The van der Waals surface area contributed by atoms with E-state index in [1.54, 1.807) is 0 Å². The monoisotopic (exact) mass is 303 g/mol. The van der Waals surface area contributed by atoms with Crippen molar-refractivity contribution in [3.8, 4) is 11.1 Å². The van der Waals surface area contributed by atoms with E-state index >= 15 is 0 Å². The summed E-state index contributed by atoms with van der Waals surface area (Å²) >= 11 is 7.86. The van der Waals surface area contributed by atoms with Gasteiger partial charge in [0.25, 0.3) is 0 Å². The van der Waals surface area contributed by atoms with E-state index in [2.05, 4.69) is 39.3 Å². The molecular weight excluding hydrogens is 290 g/mol. The third-order valence-corrected chi connectivity index (χ3v) is 4.28. The molecule has 0 fully saturated rings. The van der Waals surface area contributed by atoms with Gasteiger partial charge in [-0.1, -0.05) is 35.9 Å². The van der Waals surface area contributed by atoms with Gasteiger partial charge in [-0.15, -0.1) is 0 Å². The molecule has 0 spiro atoms. The van der Waals surface area contributed by atoms with Gasteiger partial charge in [0.1, 0.15) is 0 Å². The fourth-order valence-electron chi connectivity index (χ4n) is 2.14. The number of guanidine groups is 1. The first kappa shape index (κ1) is 13.3. The van der Waals surface area contributed by atoms with E-state index in [0.29, 0.717) is 0 Å². The van der Waals surface area contributed by atoms with Gasteiger partial charge < -0.3 is 10.6 Å². The average Bonchev–Trinajstić information content (AvgIpc) is 2.46. The number of rotatable bonds is 1. The number of fused-ring (bicyclic) bond motifs is 1. The van der Waals surface area contributed by atoms with Crippen molar-refractivity contribution in [2.75, 3.05) is 12.4 Å². The fourth-order valence-corrected chi connectivity index (χ4v) is 3.20. The molecule has 2 aromatic rings. The molecule has 3 nitrogen and oxygen atoms in total. The second-order valence-electron chi connectivity index (χ2n) is 4.57. The molecule has 0 unspecified atom stereocenters. The lowest BCUT2D eigenvalue weighted by atomic mass is 10.0. The zero-order valence-corrected chi connectivity index (χ0v) is 12.8. The molecule has 0 amide bonds. The van der Waals surface area contributed by atoms with Crippen LogP contribution in [-0.4, -0.2) is 13.0 Å². The highest BCUT2D eigenvalue weighted by atomic mass is 35.5.